The van der Waals surface area contributed by atoms with Gasteiger partial charge in [0.2, 0.25) is 0 Å². The first-order chi connectivity index (χ1) is 12.1. The maximum atomic E-state index is 6.01. The molecule has 25 heavy (non-hydrogen) atoms. The second-order valence-electron chi connectivity index (χ2n) is 5.41. The standard InChI is InChI=1S/C17H13ClN4O2S/c1-22-12(9-19-16(22)13-6-3-7-23-13)14(25)15-20-17(24-21-15)10-4-2-5-11(18)8-10/h2-9,14,25H,1H3. The van der Waals surface area contributed by atoms with Crippen molar-refractivity contribution in [3.63, 3.8) is 0 Å². The van der Waals surface area contributed by atoms with Crippen molar-refractivity contribution in [2.45, 2.75) is 5.25 Å². The number of hydrogen-bond donors (Lipinski definition) is 1. The fourth-order valence-electron chi connectivity index (χ4n) is 2.53. The number of furan rings is 1. The van der Waals surface area contributed by atoms with Crippen LogP contribution >= 0.6 is 24.2 Å². The number of halogens is 1. The Kier molecular flexibility index (Phi) is 4.10. The highest BCUT2D eigenvalue weighted by atomic mass is 35.5. The van der Waals surface area contributed by atoms with E-state index in [0.29, 0.717) is 28.3 Å². The minimum atomic E-state index is -0.391. The monoisotopic (exact) mass is 372 g/mol. The first kappa shape index (κ1) is 16.0. The van der Waals surface area contributed by atoms with E-state index in [0.717, 1.165) is 11.3 Å². The van der Waals surface area contributed by atoms with Gasteiger partial charge >= 0.3 is 0 Å². The van der Waals surface area contributed by atoms with E-state index < -0.39 is 5.25 Å². The third kappa shape index (κ3) is 2.96. The van der Waals surface area contributed by atoms with Crippen LogP contribution in [0, 0.1) is 0 Å². The number of imidazole rings is 1. The minimum Gasteiger partial charge on any atom is -0.461 e. The molecule has 0 bridgehead atoms. The van der Waals surface area contributed by atoms with Crippen LogP contribution in [0.1, 0.15) is 16.8 Å². The molecule has 1 unspecified atom stereocenters. The topological polar surface area (TPSA) is 69.9 Å². The Hall–Kier alpha value is -2.51. The van der Waals surface area contributed by atoms with E-state index in [-0.39, 0.29) is 0 Å². The fourth-order valence-corrected chi connectivity index (χ4v) is 3.06. The van der Waals surface area contributed by atoms with Gasteiger partial charge in [-0.25, -0.2) is 4.98 Å². The van der Waals surface area contributed by atoms with Crippen molar-refractivity contribution in [1.82, 2.24) is 19.7 Å². The summed E-state index contributed by atoms with van der Waals surface area (Å²) in [5.41, 5.74) is 1.58. The van der Waals surface area contributed by atoms with Crippen molar-refractivity contribution in [3.05, 3.63) is 65.4 Å². The Morgan fingerprint density at radius 3 is 2.88 bits per heavy atom. The molecular weight excluding hydrogens is 360 g/mol. The lowest BCUT2D eigenvalue weighted by atomic mass is 10.2. The number of nitrogens with zero attached hydrogens (tertiary/aromatic N) is 4. The zero-order valence-corrected chi connectivity index (χ0v) is 14.8. The Morgan fingerprint density at radius 1 is 1.24 bits per heavy atom. The van der Waals surface area contributed by atoms with Crippen molar-refractivity contribution in [3.8, 4) is 23.0 Å². The molecule has 1 atom stereocenters. The molecule has 0 saturated carbocycles. The summed E-state index contributed by atoms with van der Waals surface area (Å²) in [5, 5.41) is 4.26. The predicted octanol–water partition coefficient (Wildman–Crippen LogP) is 4.40. The summed E-state index contributed by atoms with van der Waals surface area (Å²) in [6, 6.07) is 10.9. The van der Waals surface area contributed by atoms with Crippen molar-refractivity contribution in [2.24, 2.45) is 7.05 Å². The van der Waals surface area contributed by atoms with E-state index in [9.17, 15) is 0 Å². The van der Waals surface area contributed by atoms with Gasteiger partial charge in [0.15, 0.2) is 17.4 Å². The summed E-state index contributed by atoms with van der Waals surface area (Å²) in [7, 11) is 1.89. The Balaban J connectivity index is 1.65. The van der Waals surface area contributed by atoms with Crippen LogP contribution in [0.3, 0.4) is 0 Å². The predicted molar refractivity (Wildman–Crippen MR) is 96.5 cm³/mol. The summed E-state index contributed by atoms with van der Waals surface area (Å²) >= 11 is 10.6. The van der Waals surface area contributed by atoms with Gasteiger partial charge in [-0.15, -0.1) is 0 Å². The molecule has 3 heterocycles. The fraction of sp³-hybridized carbons (Fsp3) is 0.118. The van der Waals surface area contributed by atoms with Gasteiger partial charge in [-0.2, -0.15) is 17.6 Å². The Labute approximate surface area is 153 Å². The molecule has 0 fully saturated rings. The lowest BCUT2D eigenvalue weighted by Gasteiger charge is -2.08. The molecule has 6 nitrogen and oxygen atoms in total. The van der Waals surface area contributed by atoms with Crippen molar-refractivity contribution in [1.29, 1.82) is 0 Å². The van der Waals surface area contributed by atoms with Crippen molar-refractivity contribution < 1.29 is 8.94 Å². The van der Waals surface area contributed by atoms with Crippen LogP contribution in [0.4, 0.5) is 0 Å². The van der Waals surface area contributed by atoms with Gasteiger partial charge < -0.3 is 13.5 Å². The van der Waals surface area contributed by atoms with E-state index in [1.807, 2.05) is 35.9 Å². The summed E-state index contributed by atoms with van der Waals surface area (Å²) in [4.78, 5) is 8.83. The SMILES string of the molecule is Cn1c(C(S)c2noc(-c3cccc(Cl)c3)n2)cnc1-c1ccco1. The largest absolute Gasteiger partial charge is 0.461 e. The molecule has 8 heteroatoms. The number of hydrogen-bond acceptors (Lipinski definition) is 6. The highest BCUT2D eigenvalue weighted by Gasteiger charge is 2.22. The summed E-state index contributed by atoms with van der Waals surface area (Å²) in [6.07, 6.45) is 3.34. The molecule has 1 aromatic carbocycles. The second-order valence-corrected chi connectivity index (χ2v) is 6.37. The van der Waals surface area contributed by atoms with Crippen LogP contribution in [0.5, 0.6) is 0 Å². The van der Waals surface area contributed by atoms with Gasteiger partial charge in [0.25, 0.3) is 5.89 Å². The first-order valence-electron chi connectivity index (χ1n) is 7.46. The van der Waals surface area contributed by atoms with E-state index in [4.69, 9.17) is 20.5 Å². The van der Waals surface area contributed by atoms with Gasteiger partial charge in [0, 0.05) is 17.6 Å². The summed E-state index contributed by atoms with van der Waals surface area (Å²) < 4.78 is 12.6. The molecule has 0 saturated heterocycles. The number of aromatic nitrogens is 4. The second kappa shape index (κ2) is 6.42. The lowest BCUT2D eigenvalue weighted by molar-refractivity contribution is 0.423. The van der Waals surface area contributed by atoms with Gasteiger partial charge in [0.05, 0.1) is 18.2 Å². The average molecular weight is 373 g/mol. The maximum Gasteiger partial charge on any atom is 0.258 e. The van der Waals surface area contributed by atoms with Crippen molar-refractivity contribution >= 4 is 24.2 Å². The van der Waals surface area contributed by atoms with Gasteiger partial charge in [-0.1, -0.05) is 22.8 Å². The Morgan fingerprint density at radius 2 is 2.12 bits per heavy atom. The summed E-state index contributed by atoms with van der Waals surface area (Å²) in [6.45, 7) is 0. The molecule has 4 rings (SSSR count). The van der Waals surface area contributed by atoms with Crippen molar-refractivity contribution in [2.75, 3.05) is 0 Å². The molecule has 126 valence electrons. The highest BCUT2D eigenvalue weighted by molar-refractivity contribution is 7.80. The highest BCUT2D eigenvalue weighted by Crippen LogP contribution is 2.31. The molecule has 0 radical (unpaired) electrons. The normalized spacial score (nSPS) is 12.4. The molecule has 0 spiro atoms. The van der Waals surface area contributed by atoms with Gasteiger partial charge in [-0.3, -0.25) is 0 Å². The van der Waals surface area contributed by atoms with E-state index in [2.05, 4.69) is 27.8 Å². The number of rotatable bonds is 4. The van der Waals surface area contributed by atoms with Gasteiger partial charge in [-0.05, 0) is 30.3 Å². The minimum absolute atomic E-state index is 0.391. The van der Waals surface area contributed by atoms with Crippen LogP contribution in [-0.2, 0) is 7.05 Å². The lowest BCUT2D eigenvalue weighted by Crippen LogP contribution is -2.03. The van der Waals surface area contributed by atoms with E-state index in [1.165, 1.54) is 0 Å². The molecule has 0 aliphatic rings. The molecule has 0 N–H and O–H groups in total. The quantitative estimate of drug-likeness (QED) is 0.537. The molecule has 3 aromatic heterocycles. The number of thiol groups is 1. The Bertz CT molecular complexity index is 1010. The van der Waals surface area contributed by atoms with Crippen LogP contribution in [-0.4, -0.2) is 19.7 Å². The molecule has 0 aliphatic heterocycles. The zero-order valence-electron chi connectivity index (χ0n) is 13.1. The van der Waals surface area contributed by atoms with Crippen LogP contribution in [0.25, 0.3) is 23.0 Å². The van der Waals surface area contributed by atoms with E-state index >= 15 is 0 Å². The third-order valence-corrected chi connectivity index (χ3v) is 4.53. The van der Waals surface area contributed by atoms with Gasteiger partial charge in [0.1, 0.15) is 5.25 Å². The maximum absolute atomic E-state index is 6.01. The molecule has 0 amide bonds. The molecule has 4 aromatic rings. The zero-order chi connectivity index (χ0) is 17.4. The summed E-state index contributed by atoms with van der Waals surface area (Å²) in [5.74, 6) is 2.23. The smallest absolute Gasteiger partial charge is 0.258 e. The first-order valence-corrected chi connectivity index (χ1v) is 8.36. The average Bonchev–Trinajstić information content (AvgIpc) is 3.35. The van der Waals surface area contributed by atoms with Crippen LogP contribution < -0.4 is 0 Å². The van der Waals surface area contributed by atoms with Crippen LogP contribution in [0.15, 0.2) is 57.8 Å². The van der Waals surface area contributed by atoms with E-state index in [1.54, 1.807) is 24.6 Å². The van der Waals surface area contributed by atoms with Crippen LogP contribution in [0.2, 0.25) is 5.02 Å². The molecular formula is C17H13ClN4O2S. The third-order valence-electron chi connectivity index (χ3n) is 3.80. The number of benzene rings is 1. The molecule has 0 aliphatic carbocycles.